The third kappa shape index (κ3) is 4.34. The number of imidazole rings is 1. The molecule has 0 bridgehead atoms. The van der Waals surface area contributed by atoms with Crippen LogP contribution in [0.4, 0.5) is 5.69 Å². The highest BCUT2D eigenvalue weighted by Gasteiger charge is 2.21. The number of carbonyl (C=O) groups excluding carboxylic acids is 1. The fraction of sp³-hybridized carbons (Fsp3) is 0.300. The molecule has 0 aliphatic carbocycles. The van der Waals surface area contributed by atoms with E-state index < -0.39 is 0 Å². The molecule has 3 aromatic rings. The molecule has 1 aliphatic heterocycles. The van der Waals surface area contributed by atoms with Gasteiger partial charge in [-0.25, -0.2) is 9.97 Å². The summed E-state index contributed by atoms with van der Waals surface area (Å²) in [5.41, 5.74) is 0.738. The Hall–Kier alpha value is -3.26. The largest absolute Gasteiger partial charge is 0.439 e. The van der Waals surface area contributed by atoms with Gasteiger partial charge in [-0.15, -0.1) is 0 Å². The second-order valence-electron chi connectivity index (χ2n) is 6.58. The number of ether oxygens (including phenoxy) is 2. The molecule has 0 atom stereocenters. The molecule has 1 N–H and O–H groups in total. The lowest BCUT2D eigenvalue weighted by Gasteiger charge is -2.21. The van der Waals surface area contributed by atoms with Crippen molar-refractivity contribution in [3.63, 3.8) is 0 Å². The van der Waals surface area contributed by atoms with E-state index in [-0.39, 0.29) is 11.8 Å². The van der Waals surface area contributed by atoms with Crippen molar-refractivity contribution < 1.29 is 14.3 Å². The normalized spacial score (nSPS) is 14.6. The average Bonchev–Trinajstić information content (AvgIpc) is 3.25. The Morgan fingerprint density at radius 2 is 2.00 bits per heavy atom. The molecule has 0 radical (unpaired) electrons. The van der Waals surface area contributed by atoms with Gasteiger partial charge in [-0.2, -0.15) is 4.98 Å². The molecule has 4 rings (SSSR count). The number of benzene rings is 1. The third-order valence-electron chi connectivity index (χ3n) is 4.51. The van der Waals surface area contributed by atoms with E-state index in [1.807, 2.05) is 25.3 Å². The summed E-state index contributed by atoms with van der Waals surface area (Å²) < 4.78 is 12.9. The van der Waals surface area contributed by atoms with Gasteiger partial charge in [-0.05, 0) is 44.0 Å². The molecule has 8 heteroatoms. The summed E-state index contributed by atoms with van der Waals surface area (Å²) in [6.45, 7) is 3.09. The Kier molecular flexibility index (Phi) is 5.29. The monoisotopic (exact) mass is 379 g/mol. The lowest BCUT2D eigenvalue weighted by atomic mass is 9.99. The molecule has 1 fully saturated rings. The van der Waals surface area contributed by atoms with Gasteiger partial charge in [-0.1, -0.05) is 0 Å². The minimum atomic E-state index is 0.00951. The quantitative estimate of drug-likeness (QED) is 0.732. The predicted molar refractivity (Wildman–Crippen MR) is 103 cm³/mol. The summed E-state index contributed by atoms with van der Waals surface area (Å²) in [7, 11) is 0. The molecule has 1 aromatic carbocycles. The van der Waals surface area contributed by atoms with Crippen LogP contribution in [0, 0.1) is 12.8 Å². The number of aryl methyl sites for hydroxylation is 1. The van der Waals surface area contributed by atoms with Gasteiger partial charge in [0.15, 0.2) is 0 Å². The van der Waals surface area contributed by atoms with Gasteiger partial charge in [0.1, 0.15) is 23.7 Å². The maximum atomic E-state index is 12.3. The Morgan fingerprint density at radius 3 is 2.71 bits per heavy atom. The van der Waals surface area contributed by atoms with Gasteiger partial charge in [0.05, 0.1) is 0 Å². The highest BCUT2D eigenvalue weighted by molar-refractivity contribution is 5.92. The zero-order chi connectivity index (χ0) is 19.3. The van der Waals surface area contributed by atoms with E-state index in [0.29, 0.717) is 36.5 Å². The third-order valence-corrected chi connectivity index (χ3v) is 4.51. The van der Waals surface area contributed by atoms with E-state index in [2.05, 4.69) is 20.3 Å². The van der Waals surface area contributed by atoms with E-state index in [1.54, 1.807) is 35.3 Å². The zero-order valence-corrected chi connectivity index (χ0v) is 15.5. The van der Waals surface area contributed by atoms with Crippen LogP contribution in [0.1, 0.15) is 18.7 Å². The lowest BCUT2D eigenvalue weighted by molar-refractivity contribution is -0.122. The number of anilines is 1. The molecule has 3 heterocycles. The van der Waals surface area contributed by atoms with Gasteiger partial charge >= 0.3 is 0 Å². The molecule has 2 aromatic heterocycles. The molecule has 1 amide bonds. The van der Waals surface area contributed by atoms with Crippen LogP contribution in [0.2, 0.25) is 0 Å². The Balaban J connectivity index is 1.42. The molecule has 1 aliphatic rings. The summed E-state index contributed by atoms with van der Waals surface area (Å²) in [6, 6.07) is 8.98. The molecule has 144 valence electrons. The Bertz CT molecular complexity index is 935. The van der Waals surface area contributed by atoms with Crippen LogP contribution in [-0.4, -0.2) is 38.6 Å². The molecular weight excluding hydrogens is 358 g/mol. The number of nitrogens with zero attached hydrogens (tertiary/aromatic N) is 4. The van der Waals surface area contributed by atoms with Crippen molar-refractivity contribution in [2.75, 3.05) is 18.5 Å². The lowest BCUT2D eigenvalue weighted by Crippen LogP contribution is -2.28. The molecule has 0 spiro atoms. The maximum Gasteiger partial charge on any atom is 0.227 e. The number of nitrogens with one attached hydrogen (secondary N) is 1. The van der Waals surface area contributed by atoms with Crippen molar-refractivity contribution >= 4 is 11.6 Å². The summed E-state index contributed by atoms with van der Waals surface area (Å²) in [5.74, 6) is 2.39. The number of rotatable bonds is 5. The molecular formula is C20H21N5O3. The average molecular weight is 379 g/mol. The second-order valence-corrected chi connectivity index (χ2v) is 6.58. The molecule has 0 unspecified atom stereocenters. The smallest absolute Gasteiger partial charge is 0.227 e. The van der Waals surface area contributed by atoms with E-state index in [9.17, 15) is 4.79 Å². The molecule has 1 saturated heterocycles. The number of amides is 1. The van der Waals surface area contributed by atoms with Crippen molar-refractivity contribution in [3.05, 3.63) is 54.9 Å². The number of hydrogen-bond donors (Lipinski definition) is 1. The summed E-state index contributed by atoms with van der Waals surface area (Å²) in [4.78, 5) is 25.0. The zero-order valence-electron chi connectivity index (χ0n) is 15.5. The van der Waals surface area contributed by atoms with Gasteiger partial charge < -0.3 is 14.8 Å². The Morgan fingerprint density at radius 1 is 1.21 bits per heavy atom. The summed E-state index contributed by atoms with van der Waals surface area (Å²) in [5, 5.41) is 2.95. The maximum absolute atomic E-state index is 12.3. The van der Waals surface area contributed by atoms with Gasteiger partial charge in [0, 0.05) is 43.3 Å². The Labute approximate surface area is 162 Å². The number of aromatic nitrogens is 4. The number of hydrogen-bond acceptors (Lipinski definition) is 6. The van der Waals surface area contributed by atoms with E-state index >= 15 is 0 Å². The van der Waals surface area contributed by atoms with Crippen LogP contribution >= 0.6 is 0 Å². The molecule has 8 nitrogen and oxygen atoms in total. The van der Waals surface area contributed by atoms with E-state index in [0.717, 1.165) is 18.5 Å². The van der Waals surface area contributed by atoms with Gasteiger partial charge in [0.25, 0.3) is 0 Å². The standard InChI is InChI=1S/C20H21N5O3/c1-14-22-18(25-9-8-21-13-25)12-19(23-14)28-17-4-2-16(3-5-17)24-20(26)15-6-10-27-11-7-15/h2-5,8-9,12-13,15H,6-7,10-11H2,1H3,(H,24,26). The van der Waals surface area contributed by atoms with Crippen LogP contribution in [-0.2, 0) is 9.53 Å². The van der Waals surface area contributed by atoms with Crippen molar-refractivity contribution in [3.8, 4) is 17.4 Å². The minimum absolute atomic E-state index is 0.00951. The van der Waals surface area contributed by atoms with Crippen molar-refractivity contribution in [1.29, 1.82) is 0 Å². The van der Waals surface area contributed by atoms with Crippen LogP contribution < -0.4 is 10.1 Å². The first-order chi connectivity index (χ1) is 13.7. The van der Waals surface area contributed by atoms with Crippen molar-refractivity contribution in [2.24, 2.45) is 5.92 Å². The first kappa shape index (κ1) is 18.1. The van der Waals surface area contributed by atoms with E-state index in [4.69, 9.17) is 9.47 Å². The highest BCUT2D eigenvalue weighted by Crippen LogP contribution is 2.24. The fourth-order valence-corrected chi connectivity index (χ4v) is 3.04. The topological polar surface area (TPSA) is 91.2 Å². The predicted octanol–water partition coefficient (Wildman–Crippen LogP) is 3.13. The van der Waals surface area contributed by atoms with Crippen LogP contribution in [0.15, 0.2) is 49.1 Å². The number of carbonyl (C=O) groups is 1. The summed E-state index contributed by atoms with van der Waals surface area (Å²) in [6.07, 6.45) is 6.69. The van der Waals surface area contributed by atoms with Crippen molar-refractivity contribution in [2.45, 2.75) is 19.8 Å². The SMILES string of the molecule is Cc1nc(Oc2ccc(NC(=O)C3CCOCC3)cc2)cc(-n2ccnc2)n1. The molecule has 0 saturated carbocycles. The van der Waals surface area contributed by atoms with Gasteiger partial charge in [0.2, 0.25) is 11.8 Å². The first-order valence-electron chi connectivity index (χ1n) is 9.18. The summed E-state index contributed by atoms with van der Waals surface area (Å²) >= 11 is 0. The minimum Gasteiger partial charge on any atom is -0.439 e. The highest BCUT2D eigenvalue weighted by atomic mass is 16.5. The van der Waals surface area contributed by atoms with Crippen LogP contribution in [0.5, 0.6) is 11.6 Å². The van der Waals surface area contributed by atoms with Crippen LogP contribution in [0.3, 0.4) is 0 Å². The molecule has 28 heavy (non-hydrogen) atoms. The first-order valence-corrected chi connectivity index (χ1v) is 9.18. The van der Waals surface area contributed by atoms with Gasteiger partial charge in [-0.3, -0.25) is 9.36 Å². The second kappa shape index (κ2) is 8.18. The van der Waals surface area contributed by atoms with Crippen LogP contribution in [0.25, 0.3) is 5.82 Å². The van der Waals surface area contributed by atoms with Crippen molar-refractivity contribution in [1.82, 2.24) is 19.5 Å². The van der Waals surface area contributed by atoms with E-state index in [1.165, 1.54) is 0 Å². The fourth-order valence-electron chi connectivity index (χ4n) is 3.04.